The molecule has 0 atom stereocenters. The van der Waals surface area contributed by atoms with E-state index in [1.165, 1.54) is 11.1 Å². The molecule has 2 aromatic carbocycles. The monoisotopic (exact) mass is 356 g/mol. The quantitative estimate of drug-likeness (QED) is 0.454. The molecule has 0 fully saturated rings. The van der Waals surface area contributed by atoms with E-state index in [0.717, 1.165) is 16.8 Å². The second kappa shape index (κ2) is 6.68. The van der Waals surface area contributed by atoms with Gasteiger partial charge in [-0.1, -0.05) is 42.0 Å². The molecule has 134 valence electrons. The highest BCUT2D eigenvalue weighted by Crippen LogP contribution is 2.35. The summed E-state index contributed by atoms with van der Waals surface area (Å²) in [6.45, 7) is 6.13. The molecule has 0 bridgehead atoms. The van der Waals surface area contributed by atoms with Crippen molar-refractivity contribution in [1.29, 1.82) is 0 Å². The van der Waals surface area contributed by atoms with Gasteiger partial charge in [0.05, 0.1) is 5.69 Å². The molecular formula is C22H20N4O. The Morgan fingerprint density at radius 3 is 2.44 bits per heavy atom. The lowest BCUT2D eigenvalue weighted by Crippen LogP contribution is -1.83. The molecule has 4 aromatic rings. The SMILES string of the molecule is Cc1ccc(-c2nc3c(O)cccn3c2N=Nc2cccc(C)c2C)cc1. The molecular weight excluding hydrogens is 336 g/mol. The first-order chi connectivity index (χ1) is 13.0. The van der Waals surface area contributed by atoms with Crippen molar-refractivity contribution in [2.75, 3.05) is 0 Å². The van der Waals surface area contributed by atoms with Crippen LogP contribution in [-0.4, -0.2) is 14.5 Å². The molecule has 0 saturated carbocycles. The van der Waals surface area contributed by atoms with Crippen LogP contribution in [0, 0.1) is 20.8 Å². The van der Waals surface area contributed by atoms with E-state index < -0.39 is 0 Å². The first kappa shape index (κ1) is 17.0. The predicted octanol–water partition coefficient (Wildman–Crippen LogP) is 6.05. The number of azo groups is 1. The Morgan fingerprint density at radius 2 is 1.67 bits per heavy atom. The maximum atomic E-state index is 10.2. The molecule has 2 heterocycles. The Morgan fingerprint density at radius 1 is 0.889 bits per heavy atom. The van der Waals surface area contributed by atoms with Crippen molar-refractivity contribution in [3.63, 3.8) is 0 Å². The topological polar surface area (TPSA) is 62.2 Å². The molecule has 5 heteroatoms. The van der Waals surface area contributed by atoms with Gasteiger partial charge >= 0.3 is 0 Å². The van der Waals surface area contributed by atoms with Crippen molar-refractivity contribution >= 4 is 17.2 Å². The lowest BCUT2D eigenvalue weighted by molar-refractivity contribution is 0.477. The second-order valence-corrected chi connectivity index (χ2v) is 6.66. The third-order valence-corrected chi connectivity index (χ3v) is 4.76. The fourth-order valence-corrected chi connectivity index (χ4v) is 2.99. The van der Waals surface area contributed by atoms with E-state index in [9.17, 15) is 5.11 Å². The van der Waals surface area contributed by atoms with Crippen molar-refractivity contribution in [2.24, 2.45) is 10.2 Å². The van der Waals surface area contributed by atoms with E-state index >= 15 is 0 Å². The number of pyridine rings is 1. The molecule has 1 N–H and O–H groups in total. The van der Waals surface area contributed by atoms with Crippen LogP contribution in [0.5, 0.6) is 5.75 Å². The number of nitrogens with zero attached hydrogens (tertiary/aromatic N) is 4. The number of aromatic hydroxyl groups is 1. The minimum Gasteiger partial charge on any atom is -0.504 e. The van der Waals surface area contributed by atoms with Crippen LogP contribution in [0.1, 0.15) is 16.7 Å². The van der Waals surface area contributed by atoms with Gasteiger partial charge < -0.3 is 5.11 Å². The molecule has 5 nitrogen and oxygen atoms in total. The van der Waals surface area contributed by atoms with Crippen LogP contribution < -0.4 is 0 Å². The third kappa shape index (κ3) is 3.08. The summed E-state index contributed by atoms with van der Waals surface area (Å²) in [5.41, 5.74) is 6.33. The Kier molecular flexibility index (Phi) is 4.20. The molecule has 0 saturated heterocycles. The highest BCUT2D eigenvalue weighted by atomic mass is 16.3. The minimum atomic E-state index is 0.110. The van der Waals surface area contributed by atoms with E-state index in [-0.39, 0.29) is 5.75 Å². The molecule has 0 aliphatic carbocycles. The Bertz CT molecular complexity index is 1160. The molecule has 0 aliphatic heterocycles. The fraction of sp³-hybridized carbons (Fsp3) is 0.136. The number of imidazole rings is 1. The Balaban J connectivity index is 1.91. The number of aromatic nitrogens is 2. The van der Waals surface area contributed by atoms with Crippen LogP contribution in [0.15, 0.2) is 71.0 Å². The lowest BCUT2D eigenvalue weighted by Gasteiger charge is -2.03. The van der Waals surface area contributed by atoms with Crippen LogP contribution in [0.25, 0.3) is 16.9 Å². The van der Waals surface area contributed by atoms with Gasteiger partial charge in [-0.2, -0.15) is 0 Å². The van der Waals surface area contributed by atoms with Gasteiger partial charge in [0.2, 0.25) is 0 Å². The van der Waals surface area contributed by atoms with Gasteiger partial charge in [0.25, 0.3) is 0 Å². The normalized spacial score (nSPS) is 11.5. The van der Waals surface area contributed by atoms with Crippen molar-refractivity contribution in [1.82, 2.24) is 9.38 Å². The maximum Gasteiger partial charge on any atom is 0.187 e. The molecule has 0 spiro atoms. The van der Waals surface area contributed by atoms with Crippen LogP contribution >= 0.6 is 0 Å². The van der Waals surface area contributed by atoms with Gasteiger partial charge in [-0.05, 0) is 50.1 Å². The van der Waals surface area contributed by atoms with Gasteiger partial charge in [-0.3, -0.25) is 4.40 Å². The van der Waals surface area contributed by atoms with E-state index in [1.807, 2.05) is 56.4 Å². The van der Waals surface area contributed by atoms with E-state index in [4.69, 9.17) is 0 Å². The summed E-state index contributed by atoms with van der Waals surface area (Å²) in [6, 6.07) is 17.4. The molecule has 0 aliphatic rings. The number of hydrogen-bond acceptors (Lipinski definition) is 4. The first-order valence-corrected chi connectivity index (χ1v) is 8.79. The van der Waals surface area contributed by atoms with Crippen LogP contribution in [0.4, 0.5) is 11.5 Å². The Labute approximate surface area is 157 Å². The van der Waals surface area contributed by atoms with Crippen molar-refractivity contribution in [3.05, 3.63) is 77.5 Å². The maximum absolute atomic E-state index is 10.2. The van der Waals surface area contributed by atoms with Gasteiger partial charge in [0.15, 0.2) is 17.2 Å². The number of rotatable bonds is 3. The zero-order chi connectivity index (χ0) is 19.0. The van der Waals surface area contributed by atoms with E-state index in [0.29, 0.717) is 17.2 Å². The van der Waals surface area contributed by atoms with Crippen molar-refractivity contribution < 1.29 is 5.11 Å². The minimum absolute atomic E-state index is 0.110. The zero-order valence-corrected chi connectivity index (χ0v) is 15.5. The standard InChI is InChI=1S/C22H20N4O/c1-14-9-11-17(12-10-14)20-22(26-13-5-8-19(27)21(26)23-20)25-24-18-7-4-6-15(2)16(18)3/h4-13,27H,1-3H3. The second-order valence-electron chi connectivity index (χ2n) is 6.66. The van der Waals surface area contributed by atoms with Crippen molar-refractivity contribution in [2.45, 2.75) is 20.8 Å². The van der Waals surface area contributed by atoms with Crippen LogP contribution in [-0.2, 0) is 0 Å². The molecule has 4 rings (SSSR count). The van der Waals surface area contributed by atoms with Crippen molar-refractivity contribution in [3.8, 4) is 17.0 Å². The van der Waals surface area contributed by atoms with E-state index in [2.05, 4.69) is 28.2 Å². The van der Waals surface area contributed by atoms with Crippen LogP contribution in [0.2, 0.25) is 0 Å². The molecule has 0 radical (unpaired) electrons. The fourth-order valence-electron chi connectivity index (χ4n) is 2.99. The third-order valence-electron chi connectivity index (χ3n) is 4.76. The average molecular weight is 356 g/mol. The highest BCUT2D eigenvalue weighted by Gasteiger charge is 2.16. The highest BCUT2D eigenvalue weighted by molar-refractivity contribution is 5.76. The number of hydrogen-bond donors (Lipinski definition) is 1. The van der Waals surface area contributed by atoms with E-state index in [1.54, 1.807) is 16.5 Å². The Hall–Kier alpha value is -3.47. The summed E-state index contributed by atoms with van der Waals surface area (Å²) in [5.74, 6) is 0.699. The molecule has 0 amide bonds. The summed E-state index contributed by atoms with van der Waals surface area (Å²) >= 11 is 0. The average Bonchev–Trinajstić information content (AvgIpc) is 3.04. The summed E-state index contributed by atoms with van der Waals surface area (Å²) in [5, 5.41) is 19.2. The number of benzene rings is 2. The summed E-state index contributed by atoms with van der Waals surface area (Å²) in [4.78, 5) is 4.62. The van der Waals surface area contributed by atoms with Gasteiger partial charge in [0.1, 0.15) is 5.69 Å². The molecule has 0 unspecified atom stereocenters. The summed E-state index contributed by atoms with van der Waals surface area (Å²) < 4.78 is 1.76. The van der Waals surface area contributed by atoms with Crippen LogP contribution in [0.3, 0.4) is 0 Å². The summed E-state index contributed by atoms with van der Waals surface area (Å²) in [6.07, 6.45) is 1.83. The molecule has 27 heavy (non-hydrogen) atoms. The lowest BCUT2D eigenvalue weighted by atomic mass is 10.1. The van der Waals surface area contributed by atoms with Gasteiger partial charge in [-0.15, -0.1) is 10.2 Å². The summed E-state index contributed by atoms with van der Waals surface area (Å²) in [7, 11) is 0. The smallest absolute Gasteiger partial charge is 0.187 e. The van der Waals surface area contributed by atoms with Gasteiger partial charge in [-0.25, -0.2) is 4.98 Å². The number of fused-ring (bicyclic) bond motifs is 1. The van der Waals surface area contributed by atoms with Gasteiger partial charge in [0, 0.05) is 11.8 Å². The predicted molar refractivity (Wildman–Crippen MR) is 107 cm³/mol. The molecule has 2 aromatic heterocycles. The largest absolute Gasteiger partial charge is 0.504 e. The number of aryl methyl sites for hydroxylation is 2. The first-order valence-electron chi connectivity index (χ1n) is 8.79. The zero-order valence-electron chi connectivity index (χ0n) is 15.5.